The van der Waals surface area contributed by atoms with Gasteiger partial charge >= 0.3 is 0 Å². The normalized spacial score (nSPS) is 17.1. The SMILES string of the molecule is CCC(CC)(NC(=O)c1c(C)nn2c1N[C@@H](c1ccccc1F)CC2(C)C)c1ccc(C)cc1. The van der Waals surface area contributed by atoms with Crippen molar-refractivity contribution in [2.45, 2.75) is 77.9 Å². The second-order valence-corrected chi connectivity index (χ2v) is 10.1. The lowest BCUT2D eigenvalue weighted by Crippen LogP contribution is -2.45. The fourth-order valence-electron chi connectivity index (χ4n) is 5.18. The number of carbonyl (C=O) groups excluding carboxylic acids is 1. The summed E-state index contributed by atoms with van der Waals surface area (Å²) in [7, 11) is 0. The Balaban J connectivity index is 1.74. The van der Waals surface area contributed by atoms with Crippen molar-refractivity contribution in [1.29, 1.82) is 0 Å². The van der Waals surface area contributed by atoms with E-state index in [0.717, 1.165) is 18.4 Å². The molecule has 34 heavy (non-hydrogen) atoms. The first-order valence-corrected chi connectivity index (χ1v) is 12.1. The number of rotatable bonds is 6. The minimum absolute atomic E-state index is 0.166. The zero-order valence-corrected chi connectivity index (χ0v) is 21.0. The topological polar surface area (TPSA) is 59.0 Å². The highest BCUT2D eigenvalue weighted by molar-refractivity contribution is 6.00. The van der Waals surface area contributed by atoms with Gasteiger partial charge in [-0.05, 0) is 58.6 Å². The van der Waals surface area contributed by atoms with Crippen LogP contribution in [-0.2, 0) is 11.1 Å². The van der Waals surface area contributed by atoms with Crippen LogP contribution in [0.3, 0.4) is 0 Å². The van der Waals surface area contributed by atoms with E-state index >= 15 is 0 Å². The highest BCUT2D eigenvalue weighted by Crippen LogP contribution is 2.42. The Bertz CT molecular complexity index is 1190. The van der Waals surface area contributed by atoms with Crippen molar-refractivity contribution in [3.63, 3.8) is 0 Å². The van der Waals surface area contributed by atoms with Crippen LogP contribution in [0.1, 0.15) is 85.7 Å². The summed E-state index contributed by atoms with van der Waals surface area (Å²) in [5.41, 5.74) is 3.18. The van der Waals surface area contributed by atoms with Crippen LogP contribution in [-0.4, -0.2) is 15.7 Å². The van der Waals surface area contributed by atoms with Crippen LogP contribution >= 0.6 is 0 Å². The number of hydrogen-bond acceptors (Lipinski definition) is 3. The highest BCUT2D eigenvalue weighted by Gasteiger charge is 2.40. The van der Waals surface area contributed by atoms with E-state index in [2.05, 4.69) is 69.5 Å². The summed E-state index contributed by atoms with van der Waals surface area (Å²) in [5.74, 6) is 0.229. The first-order chi connectivity index (χ1) is 16.1. The zero-order chi connectivity index (χ0) is 24.7. The van der Waals surface area contributed by atoms with E-state index in [-0.39, 0.29) is 23.3 Å². The molecule has 180 valence electrons. The van der Waals surface area contributed by atoms with Crippen molar-refractivity contribution < 1.29 is 9.18 Å². The average Bonchev–Trinajstić information content (AvgIpc) is 3.15. The number of aryl methyl sites for hydroxylation is 2. The van der Waals surface area contributed by atoms with Gasteiger partial charge in [-0.15, -0.1) is 0 Å². The summed E-state index contributed by atoms with van der Waals surface area (Å²) in [6.07, 6.45) is 2.18. The molecule has 1 amide bonds. The van der Waals surface area contributed by atoms with E-state index in [9.17, 15) is 9.18 Å². The number of benzene rings is 2. The van der Waals surface area contributed by atoms with Crippen molar-refractivity contribution in [3.05, 3.63) is 82.3 Å². The molecule has 3 aromatic rings. The van der Waals surface area contributed by atoms with Gasteiger partial charge in [-0.2, -0.15) is 5.10 Å². The Hall–Kier alpha value is -3.15. The predicted octanol–water partition coefficient (Wildman–Crippen LogP) is 6.38. The first kappa shape index (κ1) is 24.0. The number of fused-ring (bicyclic) bond motifs is 1. The van der Waals surface area contributed by atoms with Gasteiger partial charge in [-0.25, -0.2) is 9.07 Å². The fraction of sp³-hybridized carbons (Fsp3) is 0.429. The summed E-state index contributed by atoms with van der Waals surface area (Å²) in [4.78, 5) is 13.8. The van der Waals surface area contributed by atoms with Gasteiger partial charge in [0.1, 0.15) is 17.2 Å². The van der Waals surface area contributed by atoms with E-state index in [4.69, 9.17) is 5.10 Å². The van der Waals surface area contributed by atoms with Gasteiger partial charge in [-0.1, -0.05) is 61.9 Å². The lowest BCUT2D eigenvalue weighted by Gasteiger charge is -2.38. The quantitative estimate of drug-likeness (QED) is 0.447. The molecule has 5 nitrogen and oxygen atoms in total. The number of hydrogen-bond donors (Lipinski definition) is 2. The molecule has 1 aliphatic rings. The summed E-state index contributed by atoms with van der Waals surface area (Å²) in [6, 6.07) is 14.9. The summed E-state index contributed by atoms with van der Waals surface area (Å²) < 4.78 is 16.5. The third-order valence-electron chi connectivity index (χ3n) is 7.32. The van der Waals surface area contributed by atoms with E-state index in [0.29, 0.717) is 29.1 Å². The molecule has 1 atom stereocenters. The maximum absolute atomic E-state index is 14.7. The maximum Gasteiger partial charge on any atom is 0.257 e. The second kappa shape index (κ2) is 8.90. The van der Waals surface area contributed by atoms with Crippen LogP contribution in [0.2, 0.25) is 0 Å². The Morgan fingerprint density at radius 2 is 1.79 bits per heavy atom. The average molecular weight is 463 g/mol. The first-order valence-electron chi connectivity index (χ1n) is 12.1. The van der Waals surface area contributed by atoms with Crippen molar-refractivity contribution in [3.8, 4) is 0 Å². The molecule has 0 bridgehead atoms. The number of aromatic nitrogens is 2. The van der Waals surface area contributed by atoms with Crippen LogP contribution < -0.4 is 10.6 Å². The van der Waals surface area contributed by atoms with Gasteiger partial charge in [0.15, 0.2) is 0 Å². The molecule has 0 unspecified atom stereocenters. The lowest BCUT2D eigenvalue weighted by atomic mass is 9.84. The Kier molecular flexibility index (Phi) is 6.28. The molecule has 0 aliphatic carbocycles. The van der Waals surface area contributed by atoms with Crippen molar-refractivity contribution in [2.24, 2.45) is 0 Å². The van der Waals surface area contributed by atoms with Gasteiger partial charge in [0.2, 0.25) is 0 Å². The monoisotopic (exact) mass is 462 g/mol. The molecule has 2 heterocycles. The Morgan fingerprint density at radius 1 is 1.15 bits per heavy atom. The van der Waals surface area contributed by atoms with Crippen molar-refractivity contribution in [1.82, 2.24) is 15.1 Å². The molecule has 6 heteroatoms. The molecule has 1 aromatic heterocycles. The van der Waals surface area contributed by atoms with Crippen LogP contribution in [0.15, 0.2) is 48.5 Å². The van der Waals surface area contributed by atoms with E-state index in [1.807, 2.05) is 17.7 Å². The van der Waals surface area contributed by atoms with Gasteiger partial charge in [0, 0.05) is 5.56 Å². The molecule has 1 aliphatic heterocycles. The Labute approximate surface area is 201 Å². The fourth-order valence-corrected chi connectivity index (χ4v) is 5.18. The van der Waals surface area contributed by atoms with E-state index < -0.39 is 5.54 Å². The standard InChI is InChI=1S/C28H35FN4O/c1-7-28(8-2,20-15-13-18(3)14-16-20)31-26(34)24-19(4)32-33-25(24)30-23(17-27(33,5)6)21-11-9-10-12-22(21)29/h9-16,23,30H,7-8,17H2,1-6H3,(H,31,34)/t23-/m1/s1. The highest BCUT2D eigenvalue weighted by atomic mass is 19.1. The maximum atomic E-state index is 14.7. The number of nitrogens with one attached hydrogen (secondary N) is 2. The number of amides is 1. The smallest absolute Gasteiger partial charge is 0.257 e. The van der Waals surface area contributed by atoms with Crippen LogP contribution in [0.4, 0.5) is 10.2 Å². The third-order valence-corrected chi connectivity index (χ3v) is 7.32. The van der Waals surface area contributed by atoms with Gasteiger partial charge in [0.25, 0.3) is 5.91 Å². The van der Waals surface area contributed by atoms with Gasteiger partial charge in [-0.3, -0.25) is 4.79 Å². The van der Waals surface area contributed by atoms with Crippen LogP contribution in [0.5, 0.6) is 0 Å². The molecule has 2 N–H and O–H groups in total. The van der Waals surface area contributed by atoms with Crippen LogP contribution in [0.25, 0.3) is 0 Å². The molecule has 0 saturated heterocycles. The molecule has 2 aromatic carbocycles. The third kappa shape index (κ3) is 4.10. The predicted molar refractivity (Wildman–Crippen MR) is 135 cm³/mol. The molecule has 0 radical (unpaired) electrons. The molecule has 0 spiro atoms. The van der Waals surface area contributed by atoms with Crippen molar-refractivity contribution in [2.75, 3.05) is 5.32 Å². The molecule has 4 rings (SSSR count). The van der Waals surface area contributed by atoms with Gasteiger partial charge in [0.05, 0.1) is 22.8 Å². The van der Waals surface area contributed by atoms with Crippen molar-refractivity contribution >= 4 is 11.7 Å². The second-order valence-electron chi connectivity index (χ2n) is 10.1. The molecular weight excluding hydrogens is 427 g/mol. The summed E-state index contributed by atoms with van der Waals surface area (Å²) >= 11 is 0. The zero-order valence-electron chi connectivity index (χ0n) is 21.0. The summed E-state index contributed by atoms with van der Waals surface area (Å²) in [5, 5.41) is 11.5. The molecule has 0 fully saturated rings. The van der Waals surface area contributed by atoms with E-state index in [1.54, 1.807) is 12.1 Å². The number of anilines is 1. The van der Waals surface area contributed by atoms with Gasteiger partial charge < -0.3 is 10.6 Å². The largest absolute Gasteiger partial charge is 0.363 e. The Morgan fingerprint density at radius 3 is 2.41 bits per heavy atom. The lowest BCUT2D eigenvalue weighted by molar-refractivity contribution is 0.0889. The van der Waals surface area contributed by atoms with Crippen LogP contribution in [0, 0.1) is 19.7 Å². The number of halogens is 1. The molecular formula is C28H35FN4O. The molecule has 0 saturated carbocycles. The minimum atomic E-state index is -0.485. The number of carbonyl (C=O) groups is 1. The van der Waals surface area contributed by atoms with E-state index in [1.165, 1.54) is 11.6 Å². The minimum Gasteiger partial charge on any atom is -0.363 e. The summed E-state index contributed by atoms with van der Waals surface area (Å²) in [6.45, 7) is 12.3. The number of nitrogens with zero attached hydrogens (tertiary/aromatic N) is 2.